The van der Waals surface area contributed by atoms with E-state index in [4.69, 9.17) is 0 Å². The second kappa shape index (κ2) is 4.37. The van der Waals surface area contributed by atoms with Crippen molar-refractivity contribution in [3.63, 3.8) is 0 Å². The van der Waals surface area contributed by atoms with Crippen LogP contribution in [0.4, 0.5) is 16.2 Å². The van der Waals surface area contributed by atoms with E-state index in [2.05, 4.69) is 4.74 Å². The monoisotopic (exact) mass is 355 g/mol. The van der Waals surface area contributed by atoms with Gasteiger partial charge in [-0.25, -0.2) is 0 Å². The summed E-state index contributed by atoms with van der Waals surface area (Å²) in [6.45, 7) is 0. The van der Waals surface area contributed by atoms with Crippen molar-refractivity contribution >= 4 is 25.9 Å². The fraction of sp³-hybridized carbons (Fsp3) is 0.143. The van der Waals surface area contributed by atoms with Gasteiger partial charge < -0.3 is 0 Å². The van der Waals surface area contributed by atoms with Crippen LogP contribution in [-0.2, 0) is 7.36 Å². The van der Waals surface area contributed by atoms with Crippen LogP contribution in [0.5, 0.6) is 5.75 Å². The van der Waals surface area contributed by atoms with Gasteiger partial charge in [0.1, 0.15) is 0 Å². The van der Waals surface area contributed by atoms with Gasteiger partial charge in [0.15, 0.2) is 0 Å². The fourth-order valence-corrected chi connectivity index (χ4v) is 4.65. The van der Waals surface area contributed by atoms with Gasteiger partial charge in [-0.05, 0) is 0 Å². The van der Waals surface area contributed by atoms with E-state index in [9.17, 15) is 16.2 Å². The third kappa shape index (κ3) is 2.69. The van der Waals surface area contributed by atoms with Crippen molar-refractivity contribution in [3.05, 3.63) is 24.3 Å². The summed E-state index contributed by atoms with van der Waals surface area (Å²) in [5.74, 6) is 0.255. The Hall–Kier alpha value is -0.162. The molecule has 0 N–H and O–H groups in total. The second-order valence-electron chi connectivity index (χ2n) is 2.52. The Bertz CT molecular complexity index is 411. The molecule has 0 saturated carbocycles. The van der Waals surface area contributed by atoms with Crippen LogP contribution in [0.15, 0.2) is 29.2 Å². The summed E-state index contributed by atoms with van der Waals surface area (Å²) in [5, 5.41) is 0. The first-order valence-corrected chi connectivity index (χ1v) is 11.0. The predicted molar refractivity (Wildman–Crippen MR) is 49.9 cm³/mol. The molecule has 0 fully saturated rings. The molecule has 86 valence electrons. The molecule has 0 radical (unpaired) electrons. The Labute approximate surface area is 88.9 Å². The van der Waals surface area contributed by atoms with Crippen LogP contribution in [0.25, 0.3) is 0 Å². The van der Waals surface area contributed by atoms with Crippen molar-refractivity contribution in [1.82, 2.24) is 0 Å². The summed E-state index contributed by atoms with van der Waals surface area (Å²) in [5.41, 5.74) is 0. The van der Waals surface area contributed by atoms with Gasteiger partial charge in [-0.1, -0.05) is 0 Å². The van der Waals surface area contributed by atoms with Gasteiger partial charge in [0.25, 0.3) is 0 Å². The molecule has 0 bridgehead atoms. The number of rotatable bonds is 2. The van der Waals surface area contributed by atoms with Gasteiger partial charge in [-0.15, -0.1) is 0 Å². The quantitative estimate of drug-likeness (QED) is 0.449. The topological polar surface area (TPSA) is 9.23 Å². The number of halogens is 5. The fourth-order valence-electron chi connectivity index (χ4n) is 0.859. The number of methoxy groups -OCH3 is 1. The SMILES string of the molecule is COc1ccc([S+](F)(F)=[Sb]([F])([F])[F])cc1. The van der Waals surface area contributed by atoms with E-state index in [1.807, 2.05) is 0 Å². The Kier molecular flexibility index (Phi) is 3.76. The van der Waals surface area contributed by atoms with Crippen LogP contribution in [0.1, 0.15) is 0 Å². The molecule has 0 aliphatic heterocycles. The zero-order chi connectivity index (χ0) is 11.7. The summed E-state index contributed by atoms with van der Waals surface area (Å²) in [7, 11) is -4.25. The van der Waals surface area contributed by atoms with E-state index >= 15 is 0 Å². The number of hydrogen-bond acceptors (Lipinski definition) is 1. The first-order chi connectivity index (χ1) is 6.79. The van der Waals surface area contributed by atoms with Crippen molar-refractivity contribution in [3.8, 4) is 5.75 Å². The third-order valence-corrected chi connectivity index (χ3v) is 9.22. The first kappa shape index (κ1) is 12.9. The van der Waals surface area contributed by atoms with Gasteiger partial charge in [0.05, 0.1) is 0 Å². The molecule has 1 aromatic rings. The molecule has 0 spiro atoms. The summed E-state index contributed by atoms with van der Waals surface area (Å²) in [4.78, 5) is -0.929. The Morgan fingerprint density at radius 3 is 1.87 bits per heavy atom. The molecule has 0 unspecified atom stereocenters. The zero-order valence-corrected chi connectivity index (χ0v) is 10.8. The average Bonchev–Trinajstić information content (AvgIpc) is 2.16. The molecule has 0 atom stereocenters. The van der Waals surface area contributed by atoms with Crippen LogP contribution < -0.4 is 4.74 Å². The first-order valence-electron chi connectivity index (χ1n) is 3.64. The average molecular weight is 356 g/mol. The summed E-state index contributed by atoms with van der Waals surface area (Å²) >= 11 is -7.58. The molecule has 1 aromatic carbocycles. The number of hydrogen-bond donors (Lipinski definition) is 0. The van der Waals surface area contributed by atoms with E-state index < -0.39 is 30.8 Å². The van der Waals surface area contributed by atoms with E-state index in [1.54, 1.807) is 0 Å². The molecular formula is C7H7F5OSSb+. The van der Waals surface area contributed by atoms with E-state index in [0.717, 1.165) is 24.3 Å². The molecule has 0 aliphatic rings. The van der Waals surface area contributed by atoms with Crippen LogP contribution in [-0.4, -0.2) is 25.7 Å². The molecule has 1 nitrogen and oxygen atoms in total. The van der Waals surface area contributed by atoms with Crippen molar-refractivity contribution in [1.29, 1.82) is 0 Å². The molecule has 0 saturated heterocycles. The number of ether oxygens (including phenoxy) is 1. The standard InChI is InChI=1S/C7H7F2OS.3FH.Sb/c1-10-6-2-4-7(5-3-6)11(8)9;;;;/h2-5H,1H3;3*1H;/q+1;;;;+3/p-3. The third-order valence-electron chi connectivity index (χ3n) is 1.60. The summed E-state index contributed by atoms with van der Waals surface area (Å²) in [6.07, 6.45) is 0. The molecule has 8 heteroatoms. The van der Waals surface area contributed by atoms with E-state index in [-0.39, 0.29) is 5.75 Å². The maximum absolute atomic E-state index is 12.9. The van der Waals surface area contributed by atoms with Crippen molar-refractivity contribution in [2.45, 2.75) is 4.90 Å². The van der Waals surface area contributed by atoms with Gasteiger partial charge in [-0.3, -0.25) is 0 Å². The molecule has 15 heavy (non-hydrogen) atoms. The van der Waals surface area contributed by atoms with Crippen LogP contribution in [0.2, 0.25) is 0 Å². The van der Waals surface area contributed by atoms with Gasteiger partial charge in [0.2, 0.25) is 0 Å². The van der Waals surface area contributed by atoms with Crippen molar-refractivity contribution in [2.75, 3.05) is 7.11 Å². The number of benzene rings is 1. The van der Waals surface area contributed by atoms with Crippen LogP contribution in [0.3, 0.4) is 0 Å². The van der Waals surface area contributed by atoms with Crippen molar-refractivity contribution < 1.29 is 20.9 Å². The Morgan fingerprint density at radius 2 is 1.53 bits per heavy atom. The molecular weight excluding hydrogens is 349 g/mol. The maximum atomic E-state index is 12.9. The van der Waals surface area contributed by atoms with E-state index in [1.165, 1.54) is 7.11 Å². The van der Waals surface area contributed by atoms with Crippen LogP contribution >= 0.6 is 0 Å². The second-order valence-corrected chi connectivity index (χ2v) is 12.9. The molecule has 0 aromatic heterocycles. The predicted octanol–water partition coefficient (Wildman–Crippen LogP) is 3.32. The molecule has 0 heterocycles. The van der Waals surface area contributed by atoms with Gasteiger partial charge in [0, 0.05) is 0 Å². The Balaban J connectivity index is 3.30. The summed E-state index contributed by atoms with van der Waals surface area (Å²) < 4.78 is 66.9. The minimum atomic E-state index is -7.58. The minimum absolute atomic E-state index is 0.255. The van der Waals surface area contributed by atoms with Gasteiger partial charge in [-0.2, -0.15) is 0 Å². The molecule has 0 aliphatic carbocycles. The van der Waals surface area contributed by atoms with Crippen LogP contribution in [0, 0.1) is 0 Å². The zero-order valence-electron chi connectivity index (χ0n) is 7.46. The van der Waals surface area contributed by atoms with Gasteiger partial charge >= 0.3 is 88.9 Å². The van der Waals surface area contributed by atoms with Crippen molar-refractivity contribution in [2.24, 2.45) is 0 Å². The summed E-state index contributed by atoms with van der Waals surface area (Å²) in [6, 6.07) is 3.75. The Morgan fingerprint density at radius 1 is 1.07 bits per heavy atom. The van der Waals surface area contributed by atoms with E-state index in [0.29, 0.717) is 0 Å². The molecule has 0 amide bonds. The molecule has 1 rings (SSSR count). The normalized spacial score (nSPS) is 12.7.